The molecule has 114 valence electrons. The lowest BCUT2D eigenvalue weighted by molar-refractivity contribution is 0.0353. The summed E-state index contributed by atoms with van der Waals surface area (Å²) in [6, 6.07) is 6.34. The third-order valence-electron chi connectivity index (χ3n) is 3.07. The molecule has 4 heteroatoms. The summed E-state index contributed by atoms with van der Waals surface area (Å²) in [4.78, 5) is 0. The van der Waals surface area contributed by atoms with E-state index in [9.17, 15) is 9.50 Å². The Bertz CT molecular complexity index is 343. The lowest BCUT2D eigenvalue weighted by atomic mass is 10.2. The van der Waals surface area contributed by atoms with Crippen molar-refractivity contribution in [2.45, 2.75) is 45.3 Å². The van der Waals surface area contributed by atoms with Crippen LogP contribution in [0.15, 0.2) is 24.3 Å². The molecule has 1 unspecified atom stereocenters. The fraction of sp³-hybridized carbons (Fsp3) is 0.625. The first-order valence-corrected chi connectivity index (χ1v) is 7.43. The molecule has 0 saturated heterocycles. The number of hydrogen-bond donors (Lipinski definition) is 2. The van der Waals surface area contributed by atoms with Crippen molar-refractivity contribution >= 4 is 0 Å². The Morgan fingerprint density at radius 2 is 1.95 bits per heavy atom. The first-order chi connectivity index (χ1) is 9.72. The van der Waals surface area contributed by atoms with E-state index < -0.39 is 6.10 Å². The van der Waals surface area contributed by atoms with Gasteiger partial charge in [0.1, 0.15) is 5.82 Å². The molecule has 20 heavy (non-hydrogen) atoms. The molecule has 0 saturated carbocycles. The molecule has 1 rings (SSSR count). The Morgan fingerprint density at radius 1 is 1.20 bits per heavy atom. The highest BCUT2D eigenvalue weighted by atomic mass is 19.1. The summed E-state index contributed by atoms with van der Waals surface area (Å²) in [7, 11) is 0. The third kappa shape index (κ3) is 8.25. The van der Waals surface area contributed by atoms with Gasteiger partial charge in [0.05, 0.1) is 12.7 Å². The Labute approximate surface area is 121 Å². The van der Waals surface area contributed by atoms with E-state index in [2.05, 4.69) is 12.2 Å². The van der Waals surface area contributed by atoms with Crippen molar-refractivity contribution < 1.29 is 14.2 Å². The number of ether oxygens (including phenoxy) is 1. The smallest absolute Gasteiger partial charge is 0.123 e. The summed E-state index contributed by atoms with van der Waals surface area (Å²) < 4.78 is 18.1. The molecular weight excluding hydrogens is 257 g/mol. The minimum Gasteiger partial charge on any atom is -0.389 e. The van der Waals surface area contributed by atoms with E-state index in [1.807, 2.05) is 0 Å². The van der Waals surface area contributed by atoms with Gasteiger partial charge in [0.25, 0.3) is 0 Å². The van der Waals surface area contributed by atoms with Gasteiger partial charge in [-0.05, 0) is 24.1 Å². The largest absolute Gasteiger partial charge is 0.389 e. The maximum Gasteiger partial charge on any atom is 0.123 e. The van der Waals surface area contributed by atoms with Crippen molar-refractivity contribution in [3.8, 4) is 0 Å². The van der Waals surface area contributed by atoms with Crippen LogP contribution in [0.4, 0.5) is 4.39 Å². The zero-order valence-corrected chi connectivity index (χ0v) is 12.3. The highest BCUT2D eigenvalue weighted by Gasteiger charge is 2.03. The van der Waals surface area contributed by atoms with Gasteiger partial charge < -0.3 is 15.2 Å². The highest BCUT2D eigenvalue weighted by Crippen LogP contribution is 2.02. The molecule has 0 heterocycles. The molecule has 1 aromatic rings. The molecule has 0 aliphatic carbocycles. The summed E-state index contributed by atoms with van der Waals surface area (Å²) in [6.45, 7) is 4.36. The summed E-state index contributed by atoms with van der Waals surface area (Å²) in [5.74, 6) is -0.231. The topological polar surface area (TPSA) is 41.5 Å². The second-order valence-electron chi connectivity index (χ2n) is 5.05. The number of hydrogen-bond acceptors (Lipinski definition) is 3. The van der Waals surface area contributed by atoms with Gasteiger partial charge in [-0.25, -0.2) is 4.39 Å². The van der Waals surface area contributed by atoms with Gasteiger partial charge in [0.15, 0.2) is 0 Å². The number of halogens is 1. The van der Waals surface area contributed by atoms with E-state index in [0.717, 1.165) is 18.6 Å². The summed E-state index contributed by atoms with van der Waals surface area (Å²) in [6.07, 6.45) is 4.21. The Morgan fingerprint density at radius 3 is 2.65 bits per heavy atom. The zero-order chi connectivity index (χ0) is 14.6. The van der Waals surface area contributed by atoms with E-state index in [1.54, 1.807) is 12.1 Å². The predicted molar refractivity (Wildman–Crippen MR) is 79.1 cm³/mol. The van der Waals surface area contributed by atoms with Crippen molar-refractivity contribution in [2.24, 2.45) is 0 Å². The van der Waals surface area contributed by atoms with E-state index in [4.69, 9.17) is 4.74 Å². The maximum absolute atomic E-state index is 12.7. The molecule has 0 bridgehead atoms. The van der Waals surface area contributed by atoms with Gasteiger partial charge in [0.2, 0.25) is 0 Å². The molecule has 0 aromatic heterocycles. The number of aliphatic hydroxyl groups excluding tert-OH is 1. The first kappa shape index (κ1) is 17.1. The zero-order valence-electron chi connectivity index (χ0n) is 12.3. The summed E-state index contributed by atoms with van der Waals surface area (Å²) in [5.41, 5.74) is 0.999. The SMILES string of the molecule is CCCCCCOCC(O)CNCc1ccc(F)cc1. The molecule has 0 aliphatic rings. The van der Waals surface area contributed by atoms with Gasteiger partial charge in [-0.3, -0.25) is 0 Å². The van der Waals surface area contributed by atoms with Crippen LogP contribution in [-0.4, -0.2) is 31.0 Å². The van der Waals surface area contributed by atoms with Gasteiger partial charge in [-0.15, -0.1) is 0 Å². The van der Waals surface area contributed by atoms with Crippen molar-refractivity contribution in [1.29, 1.82) is 0 Å². The predicted octanol–water partition coefficient (Wildman–Crippen LogP) is 2.87. The monoisotopic (exact) mass is 283 g/mol. The Balaban J connectivity index is 1.99. The van der Waals surface area contributed by atoms with Gasteiger partial charge in [-0.2, -0.15) is 0 Å². The third-order valence-corrected chi connectivity index (χ3v) is 3.07. The van der Waals surface area contributed by atoms with Crippen LogP contribution in [0.5, 0.6) is 0 Å². The van der Waals surface area contributed by atoms with Crippen LogP contribution >= 0.6 is 0 Å². The average molecular weight is 283 g/mol. The fourth-order valence-corrected chi connectivity index (χ4v) is 1.89. The molecule has 0 amide bonds. The number of unbranched alkanes of at least 4 members (excludes halogenated alkanes) is 3. The van der Waals surface area contributed by atoms with Crippen molar-refractivity contribution in [2.75, 3.05) is 19.8 Å². The highest BCUT2D eigenvalue weighted by molar-refractivity contribution is 5.15. The molecular formula is C16H26FNO2. The van der Waals surface area contributed by atoms with Crippen LogP contribution in [-0.2, 0) is 11.3 Å². The minimum absolute atomic E-state index is 0.231. The van der Waals surface area contributed by atoms with Crippen LogP contribution in [0.2, 0.25) is 0 Å². The number of aliphatic hydroxyl groups is 1. The van der Waals surface area contributed by atoms with Crippen LogP contribution in [0.25, 0.3) is 0 Å². The molecule has 0 aliphatic heterocycles. The van der Waals surface area contributed by atoms with Crippen molar-refractivity contribution in [3.05, 3.63) is 35.6 Å². The molecule has 3 nitrogen and oxygen atoms in total. The first-order valence-electron chi connectivity index (χ1n) is 7.43. The van der Waals surface area contributed by atoms with Gasteiger partial charge in [0, 0.05) is 19.7 Å². The van der Waals surface area contributed by atoms with E-state index in [-0.39, 0.29) is 5.82 Å². The van der Waals surface area contributed by atoms with Gasteiger partial charge in [-0.1, -0.05) is 38.3 Å². The standard InChI is InChI=1S/C16H26FNO2/c1-2-3-4-5-10-20-13-16(19)12-18-11-14-6-8-15(17)9-7-14/h6-9,16,18-19H,2-5,10-13H2,1H3. The lowest BCUT2D eigenvalue weighted by Crippen LogP contribution is -2.30. The van der Waals surface area contributed by atoms with Crippen LogP contribution in [0.1, 0.15) is 38.2 Å². The Kier molecular flexibility index (Phi) is 9.20. The number of nitrogens with one attached hydrogen (secondary N) is 1. The maximum atomic E-state index is 12.7. The summed E-state index contributed by atoms with van der Waals surface area (Å²) in [5, 5.41) is 12.9. The van der Waals surface area contributed by atoms with Crippen LogP contribution in [0.3, 0.4) is 0 Å². The Hall–Kier alpha value is -0.970. The number of benzene rings is 1. The normalized spacial score (nSPS) is 12.6. The lowest BCUT2D eigenvalue weighted by Gasteiger charge is -2.12. The van der Waals surface area contributed by atoms with E-state index in [1.165, 1.54) is 31.4 Å². The van der Waals surface area contributed by atoms with Crippen LogP contribution in [0, 0.1) is 5.82 Å². The molecule has 0 radical (unpaired) electrons. The molecule has 2 N–H and O–H groups in total. The van der Waals surface area contributed by atoms with Crippen LogP contribution < -0.4 is 5.32 Å². The van der Waals surface area contributed by atoms with E-state index >= 15 is 0 Å². The molecule has 0 spiro atoms. The van der Waals surface area contributed by atoms with Crippen molar-refractivity contribution in [3.63, 3.8) is 0 Å². The summed E-state index contributed by atoms with van der Waals surface area (Å²) >= 11 is 0. The molecule has 1 atom stereocenters. The minimum atomic E-state index is -0.498. The number of rotatable bonds is 11. The average Bonchev–Trinajstić information content (AvgIpc) is 2.45. The second kappa shape index (κ2) is 10.8. The van der Waals surface area contributed by atoms with Gasteiger partial charge >= 0.3 is 0 Å². The molecule has 0 fully saturated rings. The van der Waals surface area contributed by atoms with Crippen molar-refractivity contribution in [1.82, 2.24) is 5.32 Å². The molecule has 1 aromatic carbocycles. The fourth-order valence-electron chi connectivity index (χ4n) is 1.89. The van der Waals surface area contributed by atoms with E-state index in [0.29, 0.717) is 19.7 Å². The quantitative estimate of drug-likeness (QED) is 0.614. The second-order valence-corrected chi connectivity index (χ2v) is 5.05.